The molecule has 23 heavy (non-hydrogen) atoms. The molecule has 0 saturated heterocycles. The summed E-state index contributed by atoms with van der Waals surface area (Å²) in [6.07, 6.45) is 0. The lowest BCUT2D eigenvalue weighted by Gasteiger charge is -2.14. The second-order valence-corrected chi connectivity index (χ2v) is 6.32. The Balaban J connectivity index is 1.65. The summed E-state index contributed by atoms with van der Waals surface area (Å²) < 4.78 is 10.9. The number of phenols is 2. The lowest BCUT2D eigenvalue weighted by molar-refractivity contribution is -0.0525. The second-order valence-electron chi connectivity index (χ2n) is 5.07. The van der Waals surface area contributed by atoms with Gasteiger partial charge in [-0.3, -0.25) is 0 Å². The van der Waals surface area contributed by atoms with Crippen LogP contribution in [-0.4, -0.2) is 30.2 Å². The summed E-state index contributed by atoms with van der Waals surface area (Å²) in [5.41, 5.74) is 1.95. The van der Waals surface area contributed by atoms with Gasteiger partial charge in [-0.05, 0) is 35.4 Å². The van der Waals surface area contributed by atoms with Gasteiger partial charge in [0.25, 0.3) is 0 Å². The van der Waals surface area contributed by atoms with Crippen molar-refractivity contribution in [3.8, 4) is 11.5 Å². The third-order valence-electron chi connectivity index (χ3n) is 3.27. The van der Waals surface area contributed by atoms with E-state index in [1.807, 2.05) is 24.3 Å². The average molecular weight is 352 g/mol. The number of hydrogen-bond donors (Lipinski definition) is 4. The molecule has 0 bridgehead atoms. The lowest BCUT2D eigenvalue weighted by Crippen LogP contribution is -2.09. The van der Waals surface area contributed by atoms with Crippen molar-refractivity contribution in [1.82, 2.24) is 0 Å². The summed E-state index contributed by atoms with van der Waals surface area (Å²) in [6, 6.07) is 13.7. The van der Waals surface area contributed by atoms with E-state index < -0.39 is 0 Å². The minimum absolute atomic E-state index is 0.0805. The number of hydrogen-bond acceptors (Lipinski definition) is 6. The lowest BCUT2D eigenvalue weighted by atomic mass is 10.1. The van der Waals surface area contributed by atoms with Crippen LogP contribution in [0.4, 0.5) is 0 Å². The van der Waals surface area contributed by atoms with Gasteiger partial charge in [0.1, 0.15) is 18.3 Å². The van der Waals surface area contributed by atoms with Crippen molar-refractivity contribution in [2.45, 2.75) is 10.5 Å². The summed E-state index contributed by atoms with van der Waals surface area (Å²) in [6.45, 7) is 0.971. The molecule has 2 aromatic carbocycles. The Morgan fingerprint density at radius 2 is 1.04 bits per heavy atom. The molecule has 2 aromatic rings. The van der Waals surface area contributed by atoms with Crippen LogP contribution in [0, 0.1) is 0 Å². The van der Waals surface area contributed by atoms with E-state index in [9.17, 15) is 10.2 Å². The van der Waals surface area contributed by atoms with Gasteiger partial charge in [0.2, 0.25) is 0 Å². The molecular formula is C17H20O4S2. The standard InChI is InChI=1S/C17H20O4S2/c18-14-5-1-12(2-6-14)16(22)9-20-11-21-10-17(23)13-3-7-15(19)8-4-13/h1-8,16-19,22-23H,9-11H2. The third-order valence-corrected chi connectivity index (χ3v) is 4.17. The van der Waals surface area contributed by atoms with E-state index in [2.05, 4.69) is 25.3 Å². The van der Waals surface area contributed by atoms with Gasteiger partial charge in [0.05, 0.1) is 23.7 Å². The van der Waals surface area contributed by atoms with Gasteiger partial charge >= 0.3 is 0 Å². The minimum atomic E-state index is -0.0805. The van der Waals surface area contributed by atoms with Gasteiger partial charge in [-0.25, -0.2) is 0 Å². The number of benzene rings is 2. The molecule has 2 unspecified atom stereocenters. The molecule has 0 aliphatic heterocycles. The molecule has 2 rings (SSSR count). The highest BCUT2D eigenvalue weighted by atomic mass is 32.1. The molecule has 6 heteroatoms. The zero-order valence-corrected chi connectivity index (χ0v) is 14.3. The number of aromatic hydroxyl groups is 2. The van der Waals surface area contributed by atoms with Crippen molar-refractivity contribution in [1.29, 1.82) is 0 Å². The first-order chi connectivity index (χ1) is 11.1. The summed E-state index contributed by atoms with van der Waals surface area (Å²) in [7, 11) is 0. The Labute approximate surface area is 146 Å². The van der Waals surface area contributed by atoms with Gasteiger partial charge in [0.15, 0.2) is 0 Å². The maximum atomic E-state index is 9.25. The van der Waals surface area contributed by atoms with Crippen LogP contribution in [0.3, 0.4) is 0 Å². The van der Waals surface area contributed by atoms with Crippen LogP contribution in [0.15, 0.2) is 48.5 Å². The molecule has 2 atom stereocenters. The van der Waals surface area contributed by atoms with Gasteiger partial charge < -0.3 is 19.7 Å². The number of ether oxygens (including phenoxy) is 2. The van der Waals surface area contributed by atoms with E-state index in [0.29, 0.717) is 13.2 Å². The van der Waals surface area contributed by atoms with Crippen molar-refractivity contribution in [3.63, 3.8) is 0 Å². The summed E-state index contributed by atoms with van der Waals surface area (Å²) in [5.74, 6) is 0.458. The largest absolute Gasteiger partial charge is 0.508 e. The first-order valence-corrected chi connectivity index (χ1v) is 8.19. The van der Waals surface area contributed by atoms with Crippen LogP contribution in [0.25, 0.3) is 0 Å². The molecule has 4 nitrogen and oxygen atoms in total. The summed E-state index contributed by atoms with van der Waals surface area (Å²) >= 11 is 8.92. The molecule has 0 fully saturated rings. The Bertz CT molecular complexity index is 533. The highest BCUT2D eigenvalue weighted by molar-refractivity contribution is 7.80. The van der Waals surface area contributed by atoms with Crippen LogP contribution < -0.4 is 0 Å². The quantitative estimate of drug-likeness (QED) is 0.332. The predicted octanol–water partition coefficient (Wildman–Crippen LogP) is 3.73. The van der Waals surface area contributed by atoms with E-state index in [4.69, 9.17) is 9.47 Å². The van der Waals surface area contributed by atoms with Crippen molar-refractivity contribution in [2.75, 3.05) is 20.0 Å². The number of rotatable bonds is 8. The molecule has 0 amide bonds. The normalized spacial score (nSPS) is 13.7. The zero-order chi connectivity index (χ0) is 16.7. The second kappa shape index (κ2) is 9.08. The van der Waals surface area contributed by atoms with Gasteiger partial charge in [-0.2, -0.15) is 25.3 Å². The summed E-state index contributed by atoms with van der Waals surface area (Å²) in [4.78, 5) is 0. The SMILES string of the molecule is Oc1ccc(C(S)COCOCC(S)c2ccc(O)cc2)cc1. The number of phenolic OH excluding ortho intramolecular Hbond substituents is 2. The first-order valence-electron chi connectivity index (χ1n) is 7.15. The molecule has 0 radical (unpaired) electrons. The molecule has 0 aliphatic carbocycles. The van der Waals surface area contributed by atoms with Crippen LogP contribution in [0.5, 0.6) is 11.5 Å². The molecule has 2 N–H and O–H groups in total. The van der Waals surface area contributed by atoms with E-state index in [1.165, 1.54) is 0 Å². The fourth-order valence-corrected chi connectivity index (χ4v) is 2.52. The smallest absolute Gasteiger partial charge is 0.146 e. The van der Waals surface area contributed by atoms with Crippen LogP contribution in [0.1, 0.15) is 21.6 Å². The zero-order valence-electron chi connectivity index (χ0n) is 12.5. The molecule has 0 saturated carbocycles. The Kier molecular flexibility index (Phi) is 7.11. The average Bonchev–Trinajstić information content (AvgIpc) is 2.55. The molecule has 0 heterocycles. The monoisotopic (exact) mass is 352 g/mol. The first kappa shape index (κ1) is 18.0. The van der Waals surface area contributed by atoms with E-state index in [1.54, 1.807) is 24.3 Å². The van der Waals surface area contributed by atoms with Crippen molar-refractivity contribution >= 4 is 25.3 Å². The van der Waals surface area contributed by atoms with E-state index in [0.717, 1.165) is 11.1 Å². The minimum Gasteiger partial charge on any atom is -0.508 e. The topological polar surface area (TPSA) is 58.9 Å². The van der Waals surface area contributed by atoms with Gasteiger partial charge in [-0.15, -0.1) is 0 Å². The van der Waals surface area contributed by atoms with Gasteiger partial charge in [0, 0.05) is 0 Å². The third kappa shape index (κ3) is 5.99. The highest BCUT2D eigenvalue weighted by Gasteiger charge is 2.08. The predicted molar refractivity (Wildman–Crippen MR) is 96.4 cm³/mol. The van der Waals surface area contributed by atoms with Gasteiger partial charge in [-0.1, -0.05) is 24.3 Å². The molecule has 0 aromatic heterocycles. The molecule has 0 aliphatic rings. The van der Waals surface area contributed by atoms with Crippen molar-refractivity contribution < 1.29 is 19.7 Å². The Morgan fingerprint density at radius 3 is 1.39 bits per heavy atom. The maximum Gasteiger partial charge on any atom is 0.146 e. The molecule has 0 spiro atoms. The molecular weight excluding hydrogens is 332 g/mol. The van der Waals surface area contributed by atoms with Crippen molar-refractivity contribution in [3.05, 3.63) is 59.7 Å². The summed E-state index contributed by atoms with van der Waals surface area (Å²) in [5, 5.41) is 18.3. The maximum absolute atomic E-state index is 9.25. The fourth-order valence-electron chi connectivity index (χ4n) is 1.96. The van der Waals surface area contributed by atoms with E-state index >= 15 is 0 Å². The van der Waals surface area contributed by atoms with E-state index in [-0.39, 0.29) is 28.8 Å². The highest BCUT2D eigenvalue weighted by Crippen LogP contribution is 2.23. The fraction of sp³-hybridized carbons (Fsp3) is 0.294. The Hall–Kier alpha value is -1.34. The Morgan fingerprint density at radius 1 is 0.696 bits per heavy atom. The van der Waals surface area contributed by atoms with Crippen LogP contribution >= 0.6 is 25.3 Å². The van der Waals surface area contributed by atoms with Crippen molar-refractivity contribution in [2.24, 2.45) is 0 Å². The number of thiol groups is 2. The van der Waals surface area contributed by atoms with Crippen LogP contribution in [0.2, 0.25) is 0 Å². The molecule has 124 valence electrons. The van der Waals surface area contributed by atoms with Crippen LogP contribution in [-0.2, 0) is 9.47 Å².